The molecule has 2 aliphatic heterocycles. The minimum absolute atomic E-state index is 0.329. The number of anilines is 6. The molecule has 0 N–H and O–H groups in total. The molecule has 0 fully saturated rings. The van der Waals surface area contributed by atoms with Gasteiger partial charge in [0.05, 0.1) is 34.2 Å². The maximum absolute atomic E-state index is 2.73. The molecule has 2 aromatic heterocycles. The van der Waals surface area contributed by atoms with Crippen molar-refractivity contribution in [3.8, 4) is 123 Å². The van der Waals surface area contributed by atoms with Crippen molar-refractivity contribution in [3.05, 3.63) is 430 Å². The number of aromatic nitrogens is 2. The van der Waals surface area contributed by atoms with Gasteiger partial charge in [0.2, 0.25) is 0 Å². The second-order valence-corrected chi connectivity index (χ2v) is 31.4. The molecule has 0 spiro atoms. The van der Waals surface area contributed by atoms with Crippen molar-refractivity contribution in [2.75, 3.05) is 9.80 Å². The van der Waals surface area contributed by atoms with E-state index in [1.165, 1.54) is 43.5 Å². The van der Waals surface area contributed by atoms with Crippen molar-refractivity contribution in [1.29, 1.82) is 0 Å². The molecule has 542 valence electrons. The topological polar surface area (TPSA) is 16.3 Å². The molecule has 19 aromatic rings. The summed E-state index contributed by atoms with van der Waals surface area (Å²) in [6.07, 6.45) is 0. The van der Waals surface area contributed by atoms with Crippen molar-refractivity contribution in [1.82, 2.24) is 9.13 Å². The lowest BCUT2D eigenvalue weighted by atomic mass is 9.33. The molecule has 0 unspecified atom stereocenters. The molecule has 0 radical (unpaired) electrons. The number of hydrogen-bond acceptors (Lipinski definition) is 2. The molecule has 4 nitrogen and oxygen atoms in total. The summed E-state index contributed by atoms with van der Waals surface area (Å²) in [5.41, 5.74) is 35.6. The molecule has 0 bridgehead atoms. The molecular weight excluding hydrogens is 1390 g/mol. The Kier molecular flexibility index (Phi) is 16.9. The second kappa shape index (κ2) is 28.4. The van der Waals surface area contributed by atoms with Crippen molar-refractivity contribution in [3.63, 3.8) is 0 Å². The first-order chi connectivity index (χ1) is 56.8. The molecule has 0 saturated carbocycles. The summed E-state index contributed by atoms with van der Waals surface area (Å²) in [6.45, 7) is 6.87. The smallest absolute Gasteiger partial charge is 0.252 e. The first-order valence-corrected chi connectivity index (χ1v) is 40.0. The van der Waals surface area contributed by atoms with Gasteiger partial charge in [-0.3, -0.25) is 0 Å². The van der Waals surface area contributed by atoms with Crippen LogP contribution < -0.4 is 26.2 Å². The van der Waals surface area contributed by atoms with E-state index in [0.717, 1.165) is 157 Å². The number of nitrogens with zero attached hydrogens (tertiary/aromatic N) is 4. The number of fused-ring (bicyclic) bond motifs is 6. The first kappa shape index (κ1) is 68.5. The van der Waals surface area contributed by atoms with Crippen molar-refractivity contribution in [2.45, 2.75) is 26.2 Å². The van der Waals surface area contributed by atoms with E-state index in [0.29, 0.717) is 0 Å². The Labute approximate surface area is 672 Å². The average molecular weight is 1470 g/mol. The predicted molar refractivity (Wildman–Crippen MR) is 487 cm³/mol. The molecule has 17 aromatic carbocycles. The molecule has 5 heteroatoms. The molecule has 115 heavy (non-hydrogen) atoms. The minimum Gasteiger partial charge on any atom is -0.310 e. The van der Waals surface area contributed by atoms with Crippen molar-refractivity contribution >= 4 is 78.8 Å². The Morgan fingerprint density at radius 3 is 0.696 bits per heavy atom. The van der Waals surface area contributed by atoms with Crippen LogP contribution in [0.1, 0.15) is 26.3 Å². The number of benzene rings is 17. The highest BCUT2D eigenvalue weighted by Gasteiger charge is 2.47. The standard InChI is InChI=1S/C110H79BN4/c1-110(2,3)86-70-101-103-102(71-86)115(109-95(78-46-22-8-23-47-78)68-85(75-40-16-5-17-41-75)69-96(109)79-48-24-9-25-49-79)100-73-88(113-106(82-54-30-12-31-55-82)91-60-36-37-61-92(91)107(113)83-56-32-13-33-57-83)63-65-98(100)111(103)97-64-62-87(112-104(80-50-26-10-27-51-80)89-58-34-35-59-90(89)105(112)81-52-28-11-29-53-81)72-99(97)114(101)108-93(76-42-18-6-19-43-76)66-84(74-38-14-4-15-39-74)67-94(108)77-44-20-7-21-45-77/h4-73H,1-3H3. The summed E-state index contributed by atoms with van der Waals surface area (Å²) in [6, 6.07) is 159. The third-order valence-electron chi connectivity index (χ3n) is 23.6. The third kappa shape index (κ3) is 11.8. The van der Waals surface area contributed by atoms with E-state index in [9.17, 15) is 0 Å². The third-order valence-corrected chi connectivity index (χ3v) is 23.6. The average Bonchev–Trinajstić information content (AvgIpc) is 1.17. The number of hydrogen-bond donors (Lipinski definition) is 0. The van der Waals surface area contributed by atoms with E-state index in [2.05, 4.69) is 464 Å². The summed E-state index contributed by atoms with van der Waals surface area (Å²) in [5, 5.41) is 4.73. The van der Waals surface area contributed by atoms with Gasteiger partial charge in [0.15, 0.2) is 0 Å². The molecular formula is C110H79BN4. The molecule has 0 atom stereocenters. The predicted octanol–water partition coefficient (Wildman–Crippen LogP) is 27.6. The Morgan fingerprint density at radius 1 is 0.209 bits per heavy atom. The summed E-state index contributed by atoms with van der Waals surface area (Å²) in [4.78, 5) is 5.46. The minimum atomic E-state index is -0.396. The fraction of sp³-hybridized carbons (Fsp3) is 0.0364. The van der Waals surface area contributed by atoms with Gasteiger partial charge >= 0.3 is 0 Å². The summed E-state index contributed by atoms with van der Waals surface area (Å²) in [7, 11) is 0. The van der Waals surface area contributed by atoms with Crippen LogP contribution in [-0.2, 0) is 5.41 Å². The molecule has 4 heterocycles. The Hall–Kier alpha value is -14.5. The van der Waals surface area contributed by atoms with Crippen LogP contribution in [0.15, 0.2) is 425 Å². The van der Waals surface area contributed by atoms with E-state index >= 15 is 0 Å². The van der Waals surface area contributed by atoms with Gasteiger partial charge in [-0.05, 0) is 155 Å². The number of rotatable bonds is 14. The van der Waals surface area contributed by atoms with Crippen molar-refractivity contribution < 1.29 is 0 Å². The highest BCUT2D eigenvalue weighted by molar-refractivity contribution is 7.00. The van der Waals surface area contributed by atoms with Crippen LogP contribution in [0.2, 0.25) is 0 Å². The molecule has 2 aliphatic rings. The summed E-state index contributed by atoms with van der Waals surface area (Å²) in [5.74, 6) is 0. The van der Waals surface area contributed by atoms with Gasteiger partial charge in [0.1, 0.15) is 0 Å². The summed E-state index contributed by atoms with van der Waals surface area (Å²) >= 11 is 0. The van der Waals surface area contributed by atoms with Gasteiger partial charge in [-0.1, -0.05) is 385 Å². The maximum Gasteiger partial charge on any atom is 0.252 e. The largest absolute Gasteiger partial charge is 0.310 e. The van der Waals surface area contributed by atoms with E-state index in [1.54, 1.807) is 0 Å². The fourth-order valence-corrected chi connectivity index (χ4v) is 18.4. The summed E-state index contributed by atoms with van der Waals surface area (Å²) < 4.78 is 5.14. The maximum atomic E-state index is 2.73. The Balaban J connectivity index is 0.958. The molecule has 21 rings (SSSR count). The Morgan fingerprint density at radius 2 is 0.443 bits per heavy atom. The highest BCUT2D eigenvalue weighted by atomic mass is 15.2. The van der Waals surface area contributed by atoms with E-state index in [1.807, 2.05) is 0 Å². The highest BCUT2D eigenvalue weighted by Crippen LogP contribution is 2.57. The SMILES string of the molecule is CC(C)(C)c1cc2c3c(c1)N(c1c(-c4ccccc4)cc(-c4ccccc4)cc1-c1ccccc1)c1cc(-n4c(-c5ccccc5)c5ccccc5c4-c4ccccc4)ccc1B3c1ccc(-n3c(-c4ccccc4)c4ccccc4c3-c3ccccc3)cc1N2c1c(-c2ccccc2)cc(-c2ccccc2)cc1-c1ccccc1. The zero-order chi connectivity index (χ0) is 76.7. The van der Waals surface area contributed by atoms with Gasteiger partial charge in [-0.15, -0.1) is 0 Å². The normalized spacial score (nSPS) is 12.3. The van der Waals surface area contributed by atoms with Gasteiger partial charge < -0.3 is 18.9 Å². The van der Waals surface area contributed by atoms with Crippen LogP contribution in [0.25, 0.3) is 145 Å². The zero-order valence-corrected chi connectivity index (χ0v) is 64.3. The monoisotopic (exact) mass is 1470 g/mol. The van der Waals surface area contributed by atoms with Gasteiger partial charge in [-0.25, -0.2) is 0 Å². The Bertz CT molecular complexity index is 6200. The van der Waals surface area contributed by atoms with Crippen molar-refractivity contribution in [2.24, 2.45) is 0 Å². The van der Waals surface area contributed by atoms with E-state index < -0.39 is 5.41 Å². The lowest BCUT2D eigenvalue weighted by molar-refractivity contribution is 0.590. The van der Waals surface area contributed by atoms with E-state index in [-0.39, 0.29) is 6.71 Å². The van der Waals surface area contributed by atoms with Crippen LogP contribution in [0.5, 0.6) is 0 Å². The molecule has 0 aliphatic carbocycles. The molecule has 0 amide bonds. The van der Waals surface area contributed by atoms with Gasteiger partial charge in [-0.2, -0.15) is 0 Å². The van der Waals surface area contributed by atoms with Gasteiger partial charge in [0.25, 0.3) is 6.71 Å². The fourth-order valence-electron chi connectivity index (χ4n) is 18.4. The van der Waals surface area contributed by atoms with Crippen LogP contribution in [0.4, 0.5) is 34.1 Å². The second-order valence-electron chi connectivity index (χ2n) is 31.4. The van der Waals surface area contributed by atoms with Gasteiger partial charge in [0, 0.05) is 77.9 Å². The van der Waals surface area contributed by atoms with E-state index in [4.69, 9.17) is 0 Å². The quantitative estimate of drug-likeness (QED) is 0.101. The first-order valence-electron chi connectivity index (χ1n) is 40.0. The lowest BCUT2D eigenvalue weighted by Crippen LogP contribution is -2.61. The lowest BCUT2D eigenvalue weighted by Gasteiger charge is -2.46. The zero-order valence-electron chi connectivity index (χ0n) is 64.3. The molecule has 0 saturated heterocycles. The van der Waals surface area contributed by atoms with Crippen LogP contribution >= 0.6 is 0 Å². The van der Waals surface area contributed by atoms with Crippen LogP contribution in [0, 0.1) is 0 Å². The van der Waals surface area contributed by atoms with Crippen LogP contribution in [-0.4, -0.2) is 15.8 Å². The van der Waals surface area contributed by atoms with Crippen LogP contribution in [0.3, 0.4) is 0 Å².